The smallest absolute Gasteiger partial charge is 0.253 e. The summed E-state index contributed by atoms with van der Waals surface area (Å²) in [6, 6.07) is 6.84. The van der Waals surface area contributed by atoms with Crippen molar-refractivity contribution in [1.82, 2.24) is 10.6 Å². The van der Waals surface area contributed by atoms with E-state index in [2.05, 4.69) is 22.9 Å². The van der Waals surface area contributed by atoms with Crippen molar-refractivity contribution in [3.05, 3.63) is 29.8 Å². The van der Waals surface area contributed by atoms with Gasteiger partial charge in [-0.15, -0.1) is 0 Å². The van der Waals surface area contributed by atoms with E-state index in [0.717, 1.165) is 19.4 Å². The number of carbonyl (C=O) groups is 2. The molecule has 1 aromatic carbocycles. The van der Waals surface area contributed by atoms with Gasteiger partial charge in [0.1, 0.15) is 0 Å². The number of benzene rings is 1. The lowest BCUT2D eigenvalue weighted by molar-refractivity contribution is -0.119. The lowest BCUT2D eigenvalue weighted by atomic mass is 9.94. The van der Waals surface area contributed by atoms with Gasteiger partial charge in [0.05, 0.1) is 17.3 Å². The van der Waals surface area contributed by atoms with Crippen molar-refractivity contribution in [1.29, 1.82) is 0 Å². The van der Waals surface area contributed by atoms with Gasteiger partial charge in [-0.1, -0.05) is 19.1 Å². The molecule has 0 saturated carbocycles. The van der Waals surface area contributed by atoms with E-state index in [-0.39, 0.29) is 17.9 Å². The van der Waals surface area contributed by atoms with Crippen LogP contribution in [-0.2, 0) is 4.79 Å². The van der Waals surface area contributed by atoms with Crippen LogP contribution in [0, 0.1) is 5.92 Å². The molecule has 1 aromatic rings. The summed E-state index contributed by atoms with van der Waals surface area (Å²) in [6.45, 7) is 3.01. The Balaban J connectivity index is 2.09. The summed E-state index contributed by atoms with van der Waals surface area (Å²) < 4.78 is 0. The molecule has 0 aliphatic carbocycles. The second-order valence-corrected chi connectivity index (χ2v) is 5.25. The van der Waals surface area contributed by atoms with Crippen molar-refractivity contribution in [2.24, 2.45) is 5.92 Å². The van der Waals surface area contributed by atoms with Crippen LogP contribution in [0.5, 0.6) is 0 Å². The highest BCUT2D eigenvalue weighted by molar-refractivity contribution is 6.04. The van der Waals surface area contributed by atoms with Crippen LogP contribution < -0.4 is 16.0 Å². The summed E-state index contributed by atoms with van der Waals surface area (Å²) in [7, 11) is 1.57. The van der Waals surface area contributed by atoms with Crippen molar-refractivity contribution in [3.63, 3.8) is 0 Å². The zero-order valence-corrected chi connectivity index (χ0v) is 11.9. The molecule has 0 aromatic heterocycles. The van der Waals surface area contributed by atoms with Crippen LogP contribution in [0.1, 0.15) is 30.1 Å². The van der Waals surface area contributed by atoms with Gasteiger partial charge in [0, 0.05) is 7.05 Å². The third-order valence-electron chi connectivity index (χ3n) is 3.64. The number of amides is 2. The number of carbonyl (C=O) groups excluding carboxylic acids is 2. The van der Waals surface area contributed by atoms with Crippen LogP contribution in [0.3, 0.4) is 0 Å². The number of nitrogens with one attached hydrogen (secondary N) is 3. The maximum absolute atomic E-state index is 12.3. The van der Waals surface area contributed by atoms with Crippen LogP contribution in [-0.4, -0.2) is 31.4 Å². The molecule has 2 rings (SSSR count). The Morgan fingerprint density at radius 3 is 2.75 bits per heavy atom. The molecule has 20 heavy (non-hydrogen) atoms. The summed E-state index contributed by atoms with van der Waals surface area (Å²) in [6.07, 6.45) is 1.92. The molecular weight excluding hydrogens is 254 g/mol. The number of rotatable bonds is 3. The fourth-order valence-electron chi connectivity index (χ4n) is 2.45. The summed E-state index contributed by atoms with van der Waals surface area (Å²) in [5.41, 5.74) is 1.03. The predicted molar refractivity (Wildman–Crippen MR) is 78.7 cm³/mol. The van der Waals surface area contributed by atoms with Gasteiger partial charge < -0.3 is 16.0 Å². The number of hydrogen-bond acceptors (Lipinski definition) is 3. The van der Waals surface area contributed by atoms with Crippen molar-refractivity contribution in [2.75, 3.05) is 18.9 Å². The van der Waals surface area contributed by atoms with Gasteiger partial charge in [-0.25, -0.2) is 0 Å². The summed E-state index contributed by atoms with van der Waals surface area (Å²) in [5, 5.41) is 8.65. The first-order valence-electron chi connectivity index (χ1n) is 6.97. The van der Waals surface area contributed by atoms with Gasteiger partial charge >= 0.3 is 0 Å². The van der Waals surface area contributed by atoms with Crippen LogP contribution in [0.15, 0.2) is 24.3 Å². The monoisotopic (exact) mass is 275 g/mol. The zero-order valence-electron chi connectivity index (χ0n) is 11.9. The molecule has 3 N–H and O–H groups in total. The number of hydrogen-bond donors (Lipinski definition) is 3. The standard InChI is InChI=1S/C15H21N3O2/c1-10-7-8-17-13(9-10)15(20)18-12-6-4-3-5-11(12)14(19)16-2/h3-6,10,13,17H,7-9H2,1-2H3,(H,16,19)(H,18,20). The van der Waals surface area contributed by atoms with Gasteiger partial charge in [-0.05, 0) is 37.4 Å². The van der Waals surface area contributed by atoms with Gasteiger partial charge in [-0.2, -0.15) is 0 Å². The Labute approximate surface area is 119 Å². The Bertz CT molecular complexity index is 502. The second-order valence-electron chi connectivity index (χ2n) is 5.25. The molecule has 2 atom stereocenters. The van der Waals surface area contributed by atoms with E-state index >= 15 is 0 Å². The lowest BCUT2D eigenvalue weighted by Gasteiger charge is -2.27. The first-order valence-corrected chi connectivity index (χ1v) is 6.97. The number of para-hydroxylation sites is 1. The van der Waals surface area contributed by atoms with Crippen molar-refractivity contribution >= 4 is 17.5 Å². The molecule has 1 aliphatic rings. The fourth-order valence-corrected chi connectivity index (χ4v) is 2.45. The predicted octanol–water partition coefficient (Wildman–Crippen LogP) is 1.37. The maximum Gasteiger partial charge on any atom is 0.253 e. The van der Waals surface area contributed by atoms with E-state index in [0.29, 0.717) is 17.2 Å². The van der Waals surface area contributed by atoms with Gasteiger partial charge in [-0.3, -0.25) is 9.59 Å². The molecular formula is C15H21N3O2. The molecule has 5 heteroatoms. The molecule has 1 aliphatic heterocycles. The van der Waals surface area contributed by atoms with E-state index in [9.17, 15) is 9.59 Å². The minimum absolute atomic E-state index is 0.0760. The Morgan fingerprint density at radius 1 is 1.30 bits per heavy atom. The molecule has 1 fully saturated rings. The first kappa shape index (κ1) is 14.5. The van der Waals surface area contributed by atoms with Crippen molar-refractivity contribution in [3.8, 4) is 0 Å². The highest BCUT2D eigenvalue weighted by Gasteiger charge is 2.25. The Hall–Kier alpha value is -1.88. The van der Waals surface area contributed by atoms with E-state index < -0.39 is 0 Å². The fraction of sp³-hybridized carbons (Fsp3) is 0.467. The molecule has 2 unspecified atom stereocenters. The van der Waals surface area contributed by atoms with Gasteiger partial charge in [0.15, 0.2) is 0 Å². The van der Waals surface area contributed by atoms with Crippen LogP contribution >= 0.6 is 0 Å². The average molecular weight is 275 g/mol. The third kappa shape index (κ3) is 3.36. The lowest BCUT2D eigenvalue weighted by Crippen LogP contribution is -2.45. The third-order valence-corrected chi connectivity index (χ3v) is 3.64. The van der Waals surface area contributed by atoms with E-state index in [1.807, 2.05) is 0 Å². The van der Waals surface area contributed by atoms with Crippen LogP contribution in [0.25, 0.3) is 0 Å². The Kier molecular flexibility index (Phi) is 4.74. The molecule has 5 nitrogen and oxygen atoms in total. The van der Waals surface area contributed by atoms with Crippen molar-refractivity contribution < 1.29 is 9.59 Å². The normalized spacial score (nSPS) is 22.1. The largest absolute Gasteiger partial charge is 0.355 e. The summed E-state index contributed by atoms with van der Waals surface area (Å²) >= 11 is 0. The molecule has 0 bridgehead atoms. The minimum atomic E-state index is -0.203. The maximum atomic E-state index is 12.3. The van der Waals surface area contributed by atoms with Gasteiger partial charge in [0.25, 0.3) is 5.91 Å². The SMILES string of the molecule is CNC(=O)c1ccccc1NC(=O)C1CC(C)CCN1. The first-order chi connectivity index (χ1) is 9.61. The van der Waals surface area contributed by atoms with Crippen LogP contribution in [0.2, 0.25) is 0 Å². The topological polar surface area (TPSA) is 70.2 Å². The zero-order chi connectivity index (χ0) is 14.5. The van der Waals surface area contributed by atoms with E-state index in [1.165, 1.54) is 0 Å². The number of piperidine rings is 1. The molecule has 2 amide bonds. The quantitative estimate of drug-likeness (QED) is 0.780. The van der Waals surface area contributed by atoms with Crippen LogP contribution in [0.4, 0.5) is 5.69 Å². The van der Waals surface area contributed by atoms with Gasteiger partial charge in [0.2, 0.25) is 5.91 Å². The molecule has 108 valence electrons. The van der Waals surface area contributed by atoms with E-state index in [1.54, 1.807) is 31.3 Å². The Morgan fingerprint density at radius 2 is 2.05 bits per heavy atom. The highest BCUT2D eigenvalue weighted by Crippen LogP contribution is 2.19. The second kappa shape index (κ2) is 6.52. The molecule has 1 heterocycles. The molecule has 0 radical (unpaired) electrons. The highest BCUT2D eigenvalue weighted by atomic mass is 16.2. The number of anilines is 1. The van der Waals surface area contributed by atoms with E-state index in [4.69, 9.17) is 0 Å². The summed E-state index contributed by atoms with van der Waals surface area (Å²) in [4.78, 5) is 24.0. The molecule has 1 saturated heterocycles. The van der Waals surface area contributed by atoms with Crippen molar-refractivity contribution in [2.45, 2.75) is 25.8 Å². The minimum Gasteiger partial charge on any atom is -0.355 e. The average Bonchev–Trinajstić information content (AvgIpc) is 2.47. The summed E-state index contributed by atoms with van der Waals surface area (Å²) in [5.74, 6) is 0.264. The molecule has 0 spiro atoms.